The zero-order valence-corrected chi connectivity index (χ0v) is 16.5. The molecule has 29 heavy (non-hydrogen) atoms. The minimum atomic E-state index is -1.73. The molecule has 0 fully saturated rings. The standard InChI is InChI=1S/C19H26N2O8/c1-4-29-16(25)8-21-13-6-11(3)10(2)5-12(13)20(18(27)19(21)28)7-14(23)17(26)15(24)9-22/h5-6,14-15,17,22-24,26H,4,7-9H2,1-3H3/t14-,15+,17-/m0/s1. The van der Waals surface area contributed by atoms with E-state index in [1.807, 2.05) is 0 Å². The van der Waals surface area contributed by atoms with Crippen molar-refractivity contribution in [3.8, 4) is 0 Å². The molecule has 1 aromatic heterocycles. The number of aliphatic hydroxyl groups is 4. The van der Waals surface area contributed by atoms with E-state index in [4.69, 9.17) is 9.84 Å². The van der Waals surface area contributed by atoms with E-state index in [1.54, 1.807) is 32.9 Å². The number of hydrogen-bond acceptors (Lipinski definition) is 8. The Morgan fingerprint density at radius 2 is 1.52 bits per heavy atom. The van der Waals surface area contributed by atoms with Gasteiger partial charge in [-0.3, -0.25) is 23.5 Å². The molecule has 1 aromatic carbocycles. The van der Waals surface area contributed by atoms with Crippen molar-refractivity contribution in [2.75, 3.05) is 13.2 Å². The van der Waals surface area contributed by atoms with E-state index >= 15 is 0 Å². The number of fused-ring (bicyclic) bond motifs is 1. The van der Waals surface area contributed by atoms with Gasteiger partial charge in [0.1, 0.15) is 24.9 Å². The van der Waals surface area contributed by atoms with Crippen LogP contribution >= 0.6 is 0 Å². The van der Waals surface area contributed by atoms with Crippen molar-refractivity contribution in [3.63, 3.8) is 0 Å². The van der Waals surface area contributed by atoms with Crippen molar-refractivity contribution in [1.82, 2.24) is 9.13 Å². The predicted octanol–water partition coefficient (Wildman–Crippen LogP) is -1.58. The zero-order chi connectivity index (χ0) is 21.9. The summed E-state index contributed by atoms with van der Waals surface area (Å²) in [5.41, 5.74) is 0.184. The third kappa shape index (κ3) is 4.73. The molecule has 0 aliphatic carbocycles. The number of rotatable bonds is 8. The molecule has 2 rings (SSSR count). The SMILES string of the molecule is CCOC(=O)Cn1c(=O)c(=O)n(C[C@H](O)[C@H](O)[C@H](O)CO)c2cc(C)c(C)cc21. The molecular formula is C19H26N2O8. The third-order valence-corrected chi connectivity index (χ3v) is 4.78. The van der Waals surface area contributed by atoms with Crippen LogP contribution in [0.25, 0.3) is 11.0 Å². The molecule has 0 unspecified atom stereocenters. The normalized spacial score (nSPS) is 14.6. The summed E-state index contributed by atoms with van der Waals surface area (Å²) >= 11 is 0. The topological polar surface area (TPSA) is 151 Å². The first kappa shape index (κ1) is 22.8. The van der Waals surface area contributed by atoms with E-state index < -0.39 is 55.1 Å². The molecule has 160 valence electrons. The number of hydrogen-bond donors (Lipinski definition) is 4. The second-order valence-electron chi connectivity index (χ2n) is 6.85. The molecule has 10 nitrogen and oxygen atoms in total. The summed E-state index contributed by atoms with van der Waals surface area (Å²) < 4.78 is 6.88. The maximum absolute atomic E-state index is 12.7. The molecule has 4 N–H and O–H groups in total. The first-order valence-electron chi connectivity index (χ1n) is 9.17. The number of aliphatic hydroxyl groups excluding tert-OH is 4. The number of aromatic nitrogens is 2. The molecule has 2 aromatic rings. The first-order valence-corrected chi connectivity index (χ1v) is 9.17. The van der Waals surface area contributed by atoms with Crippen LogP contribution in [0.3, 0.4) is 0 Å². The maximum Gasteiger partial charge on any atom is 0.326 e. The van der Waals surface area contributed by atoms with Crippen LogP contribution in [0, 0.1) is 13.8 Å². The van der Waals surface area contributed by atoms with Gasteiger partial charge in [0, 0.05) is 0 Å². The van der Waals surface area contributed by atoms with E-state index in [0.29, 0.717) is 0 Å². The van der Waals surface area contributed by atoms with Crippen molar-refractivity contribution in [2.24, 2.45) is 0 Å². The Kier molecular flexibility index (Phi) is 7.31. The molecule has 0 saturated heterocycles. The number of esters is 1. The van der Waals surface area contributed by atoms with Gasteiger partial charge in [0.15, 0.2) is 0 Å². The molecule has 0 amide bonds. The highest BCUT2D eigenvalue weighted by atomic mass is 16.5. The summed E-state index contributed by atoms with van der Waals surface area (Å²) in [6.07, 6.45) is -4.96. The summed E-state index contributed by atoms with van der Waals surface area (Å²) in [7, 11) is 0. The van der Waals surface area contributed by atoms with E-state index in [1.165, 1.54) is 0 Å². The van der Waals surface area contributed by atoms with E-state index in [0.717, 1.165) is 20.3 Å². The number of ether oxygens (including phenoxy) is 1. The number of carbonyl (C=O) groups is 1. The van der Waals surface area contributed by atoms with Crippen molar-refractivity contribution >= 4 is 17.0 Å². The quantitative estimate of drug-likeness (QED) is 0.301. The molecule has 0 saturated carbocycles. The Balaban J connectivity index is 2.67. The van der Waals surface area contributed by atoms with Gasteiger partial charge in [0.25, 0.3) is 0 Å². The van der Waals surface area contributed by atoms with Gasteiger partial charge in [-0.2, -0.15) is 0 Å². The molecular weight excluding hydrogens is 384 g/mol. The second-order valence-corrected chi connectivity index (χ2v) is 6.85. The molecule has 0 radical (unpaired) electrons. The minimum Gasteiger partial charge on any atom is -0.465 e. The minimum absolute atomic E-state index is 0.123. The van der Waals surface area contributed by atoms with E-state index in [9.17, 15) is 29.7 Å². The van der Waals surface area contributed by atoms with Crippen molar-refractivity contribution in [2.45, 2.75) is 52.2 Å². The van der Waals surface area contributed by atoms with Crippen LogP contribution in [-0.4, -0.2) is 67.1 Å². The third-order valence-electron chi connectivity index (χ3n) is 4.78. The molecule has 0 aliphatic heterocycles. The van der Waals surface area contributed by atoms with Crippen LogP contribution in [0.4, 0.5) is 0 Å². The fraction of sp³-hybridized carbons (Fsp3) is 0.526. The zero-order valence-electron chi connectivity index (χ0n) is 16.5. The van der Waals surface area contributed by atoms with Gasteiger partial charge in [-0.1, -0.05) is 0 Å². The highest BCUT2D eigenvalue weighted by Gasteiger charge is 2.26. The van der Waals surface area contributed by atoms with Crippen LogP contribution < -0.4 is 11.1 Å². The molecule has 1 heterocycles. The lowest BCUT2D eigenvalue weighted by Crippen LogP contribution is -2.47. The van der Waals surface area contributed by atoms with Gasteiger partial charge in [-0.05, 0) is 44.0 Å². The Morgan fingerprint density at radius 1 is 1.00 bits per heavy atom. The summed E-state index contributed by atoms with van der Waals surface area (Å²) in [5.74, 6) is -0.673. The lowest BCUT2D eigenvalue weighted by atomic mass is 10.1. The summed E-state index contributed by atoms with van der Waals surface area (Å²) in [6, 6.07) is 3.28. The lowest BCUT2D eigenvalue weighted by Gasteiger charge is -2.23. The van der Waals surface area contributed by atoms with Crippen LogP contribution in [0.1, 0.15) is 18.1 Å². The Bertz CT molecular complexity index is 1010. The molecule has 0 bridgehead atoms. The summed E-state index contributed by atoms with van der Waals surface area (Å²) in [6.45, 7) is 3.62. The molecule has 0 aliphatic rings. The average molecular weight is 410 g/mol. The van der Waals surface area contributed by atoms with Crippen LogP contribution in [0.2, 0.25) is 0 Å². The van der Waals surface area contributed by atoms with Gasteiger partial charge in [-0.25, -0.2) is 0 Å². The van der Waals surface area contributed by atoms with Gasteiger partial charge < -0.3 is 25.2 Å². The van der Waals surface area contributed by atoms with Crippen molar-refractivity contribution in [1.29, 1.82) is 0 Å². The van der Waals surface area contributed by atoms with Gasteiger partial charge in [-0.15, -0.1) is 0 Å². The smallest absolute Gasteiger partial charge is 0.326 e. The Hall–Kier alpha value is -2.53. The lowest BCUT2D eigenvalue weighted by molar-refractivity contribution is -0.143. The van der Waals surface area contributed by atoms with Gasteiger partial charge in [0.05, 0.1) is 30.8 Å². The summed E-state index contributed by atoms with van der Waals surface area (Å²) in [5, 5.41) is 38.5. The van der Waals surface area contributed by atoms with E-state index in [-0.39, 0.29) is 17.6 Å². The highest BCUT2D eigenvalue weighted by molar-refractivity contribution is 5.79. The van der Waals surface area contributed by atoms with Crippen molar-refractivity contribution in [3.05, 3.63) is 44.0 Å². The largest absolute Gasteiger partial charge is 0.465 e. The fourth-order valence-electron chi connectivity index (χ4n) is 3.00. The van der Waals surface area contributed by atoms with E-state index in [2.05, 4.69) is 0 Å². The average Bonchev–Trinajstić information content (AvgIpc) is 2.69. The second kappa shape index (κ2) is 9.31. The number of aryl methyl sites for hydroxylation is 2. The van der Waals surface area contributed by atoms with Crippen LogP contribution in [0.5, 0.6) is 0 Å². The number of nitrogens with zero attached hydrogens (tertiary/aromatic N) is 2. The first-order chi connectivity index (χ1) is 13.6. The molecule has 10 heteroatoms. The van der Waals surface area contributed by atoms with Gasteiger partial charge >= 0.3 is 17.1 Å². The van der Waals surface area contributed by atoms with Crippen molar-refractivity contribution < 1.29 is 30.0 Å². The maximum atomic E-state index is 12.7. The predicted molar refractivity (Wildman–Crippen MR) is 104 cm³/mol. The van der Waals surface area contributed by atoms with Crippen LogP contribution in [0.15, 0.2) is 21.7 Å². The van der Waals surface area contributed by atoms with Crippen LogP contribution in [-0.2, 0) is 22.6 Å². The fourth-order valence-corrected chi connectivity index (χ4v) is 3.00. The number of carbonyl (C=O) groups excluding carboxylic acids is 1. The van der Waals surface area contributed by atoms with Gasteiger partial charge in [0.2, 0.25) is 0 Å². The highest BCUT2D eigenvalue weighted by Crippen LogP contribution is 2.18. The Morgan fingerprint density at radius 3 is 2.03 bits per heavy atom. The number of benzene rings is 1. The summed E-state index contributed by atoms with van der Waals surface area (Å²) in [4.78, 5) is 37.3. The Labute approximate surface area is 166 Å². The molecule has 3 atom stereocenters. The molecule has 0 spiro atoms. The monoisotopic (exact) mass is 410 g/mol.